The van der Waals surface area contributed by atoms with Gasteiger partial charge in [-0.3, -0.25) is 0 Å². The summed E-state index contributed by atoms with van der Waals surface area (Å²) in [5, 5.41) is 4.91. The van der Waals surface area contributed by atoms with Crippen molar-refractivity contribution in [1.82, 2.24) is 4.57 Å². The van der Waals surface area contributed by atoms with Gasteiger partial charge in [-0.1, -0.05) is 57.2 Å². The van der Waals surface area contributed by atoms with E-state index < -0.39 is 0 Å². The lowest BCUT2D eigenvalue weighted by Gasteiger charge is -2.18. The highest BCUT2D eigenvalue weighted by Crippen LogP contribution is 2.39. The second-order valence-electron chi connectivity index (χ2n) is 7.98. The van der Waals surface area contributed by atoms with Crippen molar-refractivity contribution in [3.63, 3.8) is 0 Å². The second-order valence-corrected chi connectivity index (χ2v) is 7.98. The number of fused-ring (bicyclic) bond motifs is 7. The van der Waals surface area contributed by atoms with Gasteiger partial charge in [-0.15, -0.1) is 0 Å². The van der Waals surface area contributed by atoms with E-state index in [9.17, 15) is 0 Å². The van der Waals surface area contributed by atoms with E-state index in [-0.39, 0.29) is 5.41 Å². The van der Waals surface area contributed by atoms with Crippen LogP contribution in [0.2, 0.25) is 0 Å². The Balaban J connectivity index is 1.96. The Kier molecular flexibility index (Phi) is 2.72. The average Bonchev–Trinajstić information content (AvgIpc) is 3.10. The van der Waals surface area contributed by atoms with Crippen LogP contribution in [-0.2, 0) is 12.5 Å². The monoisotopic (exact) mass is 327 g/mol. The Morgan fingerprint density at radius 2 is 1.52 bits per heavy atom. The topological polar surface area (TPSA) is 18.1 Å². The summed E-state index contributed by atoms with van der Waals surface area (Å²) in [5.74, 6) is 0. The molecule has 0 atom stereocenters. The lowest BCUT2D eigenvalue weighted by atomic mass is 9.87. The Hall–Kier alpha value is -2.74. The van der Waals surface area contributed by atoms with Gasteiger partial charge in [0.25, 0.3) is 0 Å². The van der Waals surface area contributed by atoms with Crippen LogP contribution in [0, 0.1) is 0 Å². The van der Waals surface area contributed by atoms with E-state index in [4.69, 9.17) is 4.42 Å². The predicted octanol–water partition coefficient (Wildman–Crippen LogP) is 6.53. The molecule has 0 amide bonds. The summed E-state index contributed by atoms with van der Waals surface area (Å²) in [7, 11) is 2.12. The Labute approximate surface area is 146 Å². The highest BCUT2D eigenvalue weighted by molar-refractivity contribution is 6.20. The minimum absolute atomic E-state index is 0.113. The molecule has 0 spiro atoms. The van der Waals surface area contributed by atoms with Gasteiger partial charge in [0.05, 0.1) is 5.52 Å². The summed E-state index contributed by atoms with van der Waals surface area (Å²) in [6, 6.07) is 19.6. The maximum atomic E-state index is 6.39. The molecule has 5 rings (SSSR count). The van der Waals surface area contributed by atoms with E-state index in [0.29, 0.717) is 0 Å². The molecule has 2 nitrogen and oxygen atoms in total. The lowest BCUT2D eigenvalue weighted by molar-refractivity contribution is 0.587. The third-order valence-electron chi connectivity index (χ3n) is 5.37. The standard InChI is InChI=1S/C23H21NO/c1-23(2,3)14-9-10-16-18-12-11-17-15-7-5-6-8-19(15)24(4)21(17)22(18)25-20(16)13-14/h5-13H,1-4H3. The number of benzene rings is 3. The summed E-state index contributed by atoms with van der Waals surface area (Å²) >= 11 is 0. The first-order chi connectivity index (χ1) is 11.9. The van der Waals surface area contributed by atoms with Crippen LogP contribution in [0.3, 0.4) is 0 Å². The molecule has 0 fully saturated rings. The fraction of sp³-hybridized carbons (Fsp3) is 0.217. The SMILES string of the molecule is Cn1c2ccccc2c2ccc3c4ccc(C(C)(C)C)cc4oc3c21. The highest BCUT2D eigenvalue weighted by Gasteiger charge is 2.19. The molecule has 0 aliphatic carbocycles. The summed E-state index contributed by atoms with van der Waals surface area (Å²) in [6.45, 7) is 6.71. The summed E-state index contributed by atoms with van der Waals surface area (Å²) in [4.78, 5) is 0. The first-order valence-corrected chi connectivity index (χ1v) is 8.78. The van der Waals surface area contributed by atoms with E-state index in [1.165, 1.54) is 38.1 Å². The molecule has 2 heteroatoms. The minimum atomic E-state index is 0.113. The van der Waals surface area contributed by atoms with E-state index in [1.54, 1.807) is 0 Å². The fourth-order valence-electron chi connectivity index (χ4n) is 3.96. The first-order valence-electron chi connectivity index (χ1n) is 8.78. The van der Waals surface area contributed by atoms with Crippen LogP contribution in [0.1, 0.15) is 26.3 Å². The van der Waals surface area contributed by atoms with Crippen molar-refractivity contribution in [3.8, 4) is 0 Å². The van der Waals surface area contributed by atoms with Gasteiger partial charge in [-0.25, -0.2) is 0 Å². The quantitative estimate of drug-likeness (QED) is 0.316. The number of aromatic nitrogens is 1. The van der Waals surface area contributed by atoms with Crippen LogP contribution in [0.4, 0.5) is 0 Å². The molecule has 3 aromatic carbocycles. The van der Waals surface area contributed by atoms with Crippen molar-refractivity contribution in [2.75, 3.05) is 0 Å². The molecule has 2 heterocycles. The minimum Gasteiger partial charge on any atom is -0.454 e. The molecule has 0 radical (unpaired) electrons. The molecule has 0 aliphatic heterocycles. The summed E-state index contributed by atoms with van der Waals surface area (Å²) in [5.41, 5.74) is 5.78. The van der Waals surface area contributed by atoms with Crippen molar-refractivity contribution in [1.29, 1.82) is 0 Å². The Bertz CT molecular complexity index is 1280. The Morgan fingerprint density at radius 3 is 2.32 bits per heavy atom. The third kappa shape index (κ3) is 1.91. The van der Waals surface area contributed by atoms with Crippen molar-refractivity contribution >= 4 is 43.7 Å². The summed E-state index contributed by atoms with van der Waals surface area (Å²) in [6.07, 6.45) is 0. The Morgan fingerprint density at radius 1 is 0.800 bits per heavy atom. The van der Waals surface area contributed by atoms with Gasteiger partial charge in [-0.2, -0.15) is 0 Å². The number of furan rings is 1. The van der Waals surface area contributed by atoms with Crippen LogP contribution < -0.4 is 0 Å². The molecule has 0 saturated carbocycles. The van der Waals surface area contributed by atoms with Crippen molar-refractivity contribution in [3.05, 3.63) is 60.2 Å². The van der Waals surface area contributed by atoms with Crippen molar-refractivity contribution in [2.24, 2.45) is 7.05 Å². The zero-order valence-corrected chi connectivity index (χ0v) is 15.1. The third-order valence-corrected chi connectivity index (χ3v) is 5.37. The molecule has 0 saturated heterocycles. The van der Waals surface area contributed by atoms with Gasteiger partial charge in [0.2, 0.25) is 0 Å². The van der Waals surface area contributed by atoms with Crippen LogP contribution in [0.25, 0.3) is 43.7 Å². The molecular formula is C23H21NO. The largest absolute Gasteiger partial charge is 0.454 e. The van der Waals surface area contributed by atoms with Gasteiger partial charge in [0.1, 0.15) is 5.58 Å². The van der Waals surface area contributed by atoms with Crippen LogP contribution in [-0.4, -0.2) is 4.57 Å². The van der Waals surface area contributed by atoms with Gasteiger partial charge >= 0.3 is 0 Å². The number of nitrogens with zero attached hydrogens (tertiary/aromatic N) is 1. The first kappa shape index (κ1) is 14.6. The molecule has 0 bridgehead atoms. The molecule has 0 unspecified atom stereocenters. The van der Waals surface area contributed by atoms with E-state index in [1.807, 2.05) is 0 Å². The van der Waals surface area contributed by atoms with E-state index in [2.05, 4.69) is 87.0 Å². The molecule has 0 N–H and O–H groups in total. The molecule has 2 aromatic heterocycles. The maximum absolute atomic E-state index is 6.39. The predicted molar refractivity (Wildman–Crippen MR) is 106 cm³/mol. The maximum Gasteiger partial charge on any atom is 0.159 e. The lowest BCUT2D eigenvalue weighted by Crippen LogP contribution is -2.10. The molecule has 5 aromatic rings. The number of para-hydroxylation sites is 1. The van der Waals surface area contributed by atoms with Crippen LogP contribution >= 0.6 is 0 Å². The fourth-order valence-corrected chi connectivity index (χ4v) is 3.96. The van der Waals surface area contributed by atoms with Gasteiger partial charge in [0, 0.05) is 34.1 Å². The number of hydrogen-bond donors (Lipinski definition) is 0. The highest BCUT2D eigenvalue weighted by atomic mass is 16.3. The smallest absolute Gasteiger partial charge is 0.159 e. The van der Waals surface area contributed by atoms with Gasteiger partial charge < -0.3 is 8.98 Å². The normalized spacial score (nSPS) is 12.8. The number of aryl methyl sites for hydroxylation is 1. The van der Waals surface area contributed by atoms with Gasteiger partial charge in [0.15, 0.2) is 5.58 Å². The van der Waals surface area contributed by atoms with E-state index in [0.717, 1.165) is 11.2 Å². The molecule has 124 valence electrons. The summed E-state index contributed by atoms with van der Waals surface area (Å²) < 4.78 is 8.64. The van der Waals surface area contributed by atoms with Crippen molar-refractivity contribution in [2.45, 2.75) is 26.2 Å². The zero-order valence-electron chi connectivity index (χ0n) is 15.1. The molecule has 25 heavy (non-hydrogen) atoms. The van der Waals surface area contributed by atoms with Crippen LogP contribution in [0.15, 0.2) is 59.0 Å². The molecular weight excluding hydrogens is 306 g/mol. The molecule has 0 aliphatic rings. The van der Waals surface area contributed by atoms with Crippen LogP contribution in [0.5, 0.6) is 0 Å². The van der Waals surface area contributed by atoms with E-state index >= 15 is 0 Å². The van der Waals surface area contributed by atoms with Crippen molar-refractivity contribution < 1.29 is 4.42 Å². The number of rotatable bonds is 0. The number of hydrogen-bond acceptors (Lipinski definition) is 1. The average molecular weight is 327 g/mol. The second kappa shape index (κ2) is 4.66. The van der Waals surface area contributed by atoms with Gasteiger partial charge in [-0.05, 0) is 29.2 Å². The zero-order chi connectivity index (χ0) is 17.3.